The molecule has 3 nitrogen and oxygen atoms in total. The molecule has 2 rings (SSSR count). The average molecular weight is 275 g/mol. The molecular weight excluding hydrogens is 271 g/mol. The van der Waals surface area contributed by atoms with Crippen LogP contribution in [0.25, 0.3) is 0 Å². The van der Waals surface area contributed by atoms with Crippen molar-refractivity contribution in [2.24, 2.45) is 0 Å². The quantitative estimate of drug-likeness (QED) is 0.844. The first-order valence-corrected chi connectivity index (χ1v) is 5.22. The van der Waals surface area contributed by atoms with Crippen LogP contribution in [0.2, 0.25) is 0 Å². The van der Waals surface area contributed by atoms with Crippen molar-refractivity contribution in [1.82, 2.24) is 9.36 Å². The van der Waals surface area contributed by atoms with Crippen LogP contribution in [0.3, 0.4) is 0 Å². The normalized spacial score (nSPS) is 10.1. The lowest BCUT2D eigenvalue weighted by atomic mass is 10.3. The SMILES string of the molecule is Fc1cc(Oc2ncns2)ccc1Br. The van der Waals surface area contributed by atoms with Gasteiger partial charge in [-0.05, 0) is 28.1 Å². The van der Waals surface area contributed by atoms with E-state index in [4.69, 9.17) is 4.74 Å². The topological polar surface area (TPSA) is 35.0 Å². The van der Waals surface area contributed by atoms with Crippen LogP contribution in [0.5, 0.6) is 10.9 Å². The Morgan fingerprint density at radius 1 is 1.43 bits per heavy atom. The Morgan fingerprint density at radius 2 is 2.29 bits per heavy atom. The van der Waals surface area contributed by atoms with Crippen molar-refractivity contribution >= 4 is 27.5 Å². The summed E-state index contributed by atoms with van der Waals surface area (Å²) in [5.41, 5.74) is 0. The first kappa shape index (κ1) is 9.54. The van der Waals surface area contributed by atoms with Gasteiger partial charge in [0.05, 0.1) is 4.47 Å². The lowest BCUT2D eigenvalue weighted by molar-refractivity contribution is 0.472. The predicted octanol–water partition coefficient (Wildman–Crippen LogP) is 3.23. The van der Waals surface area contributed by atoms with Crippen LogP contribution in [-0.4, -0.2) is 9.36 Å². The fraction of sp³-hybridized carbons (Fsp3) is 0. The van der Waals surface area contributed by atoms with Crippen LogP contribution in [0, 0.1) is 5.82 Å². The summed E-state index contributed by atoms with van der Waals surface area (Å²) in [4.78, 5) is 3.81. The lowest BCUT2D eigenvalue weighted by Crippen LogP contribution is -1.84. The minimum atomic E-state index is -0.369. The van der Waals surface area contributed by atoms with E-state index in [-0.39, 0.29) is 5.82 Å². The molecule has 0 fully saturated rings. The van der Waals surface area contributed by atoms with Crippen molar-refractivity contribution in [3.8, 4) is 10.9 Å². The van der Waals surface area contributed by atoms with Crippen LogP contribution in [0.1, 0.15) is 0 Å². The number of halogens is 2. The molecule has 14 heavy (non-hydrogen) atoms. The van der Waals surface area contributed by atoms with Gasteiger partial charge in [0, 0.05) is 17.6 Å². The molecule has 0 N–H and O–H groups in total. The van der Waals surface area contributed by atoms with E-state index in [9.17, 15) is 4.39 Å². The van der Waals surface area contributed by atoms with Gasteiger partial charge >= 0.3 is 0 Å². The molecule has 72 valence electrons. The van der Waals surface area contributed by atoms with E-state index in [1.807, 2.05) is 0 Å². The van der Waals surface area contributed by atoms with E-state index < -0.39 is 0 Å². The molecule has 0 saturated heterocycles. The number of hydrogen-bond donors (Lipinski definition) is 0. The zero-order chi connectivity index (χ0) is 9.97. The third kappa shape index (κ3) is 2.08. The van der Waals surface area contributed by atoms with Gasteiger partial charge in [0.25, 0.3) is 5.19 Å². The summed E-state index contributed by atoms with van der Waals surface area (Å²) in [6.07, 6.45) is 1.38. The molecule has 0 saturated carbocycles. The van der Waals surface area contributed by atoms with Gasteiger partial charge in [0.1, 0.15) is 17.9 Å². The Balaban J connectivity index is 2.22. The van der Waals surface area contributed by atoms with E-state index >= 15 is 0 Å². The van der Waals surface area contributed by atoms with E-state index in [1.54, 1.807) is 12.1 Å². The molecule has 0 spiro atoms. The molecule has 2 aromatic rings. The van der Waals surface area contributed by atoms with Crippen molar-refractivity contribution in [3.63, 3.8) is 0 Å². The monoisotopic (exact) mass is 274 g/mol. The standard InChI is InChI=1S/C8H4BrFN2OS/c9-6-2-1-5(3-7(6)10)13-8-11-4-12-14-8/h1-4H. The number of aromatic nitrogens is 2. The maximum absolute atomic E-state index is 13.0. The number of nitrogens with zero attached hydrogens (tertiary/aromatic N) is 2. The Labute approximate surface area is 91.9 Å². The van der Waals surface area contributed by atoms with Gasteiger partial charge in [-0.1, -0.05) is 0 Å². The molecular formula is C8H4BrFN2OS. The number of benzene rings is 1. The maximum atomic E-state index is 13.0. The van der Waals surface area contributed by atoms with E-state index in [2.05, 4.69) is 25.3 Å². The predicted molar refractivity (Wildman–Crippen MR) is 54.1 cm³/mol. The zero-order valence-electron chi connectivity index (χ0n) is 6.78. The van der Waals surface area contributed by atoms with Crippen molar-refractivity contribution in [2.75, 3.05) is 0 Å². The second kappa shape index (κ2) is 4.02. The first-order chi connectivity index (χ1) is 6.75. The van der Waals surface area contributed by atoms with Gasteiger partial charge in [-0.15, -0.1) is 0 Å². The third-order valence-electron chi connectivity index (χ3n) is 1.44. The zero-order valence-corrected chi connectivity index (χ0v) is 9.18. The number of ether oxygens (including phenoxy) is 1. The molecule has 0 radical (unpaired) electrons. The van der Waals surface area contributed by atoms with Crippen LogP contribution < -0.4 is 4.74 Å². The molecule has 0 aliphatic rings. The highest BCUT2D eigenvalue weighted by atomic mass is 79.9. The highest BCUT2D eigenvalue weighted by molar-refractivity contribution is 9.10. The summed E-state index contributed by atoms with van der Waals surface area (Å²) < 4.78 is 22.5. The molecule has 0 aliphatic carbocycles. The first-order valence-electron chi connectivity index (χ1n) is 3.65. The molecule has 0 atom stereocenters. The lowest BCUT2D eigenvalue weighted by Gasteiger charge is -2.01. The Bertz CT molecular complexity index is 435. The molecule has 6 heteroatoms. The van der Waals surface area contributed by atoms with Crippen LogP contribution in [0.15, 0.2) is 29.0 Å². The van der Waals surface area contributed by atoms with Gasteiger partial charge in [-0.25, -0.2) is 4.39 Å². The molecule has 1 heterocycles. The fourth-order valence-corrected chi connectivity index (χ4v) is 1.51. The van der Waals surface area contributed by atoms with Crippen LogP contribution in [0.4, 0.5) is 4.39 Å². The van der Waals surface area contributed by atoms with Crippen molar-refractivity contribution in [1.29, 1.82) is 0 Å². The van der Waals surface area contributed by atoms with Crippen molar-refractivity contribution in [3.05, 3.63) is 34.8 Å². The molecule has 1 aromatic heterocycles. The summed E-state index contributed by atoms with van der Waals surface area (Å²) in [6, 6.07) is 4.51. The minimum absolute atomic E-state index is 0.369. The van der Waals surface area contributed by atoms with Crippen molar-refractivity contribution < 1.29 is 9.13 Å². The summed E-state index contributed by atoms with van der Waals surface area (Å²) in [5.74, 6) is 0.0365. The average Bonchev–Trinajstić information content (AvgIpc) is 2.64. The maximum Gasteiger partial charge on any atom is 0.298 e. The van der Waals surface area contributed by atoms with Gasteiger partial charge in [0.2, 0.25) is 0 Å². The number of rotatable bonds is 2. The fourth-order valence-electron chi connectivity index (χ4n) is 0.849. The molecule has 0 bridgehead atoms. The highest BCUT2D eigenvalue weighted by Crippen LogP contribution is 2.25. The van der Waals surface area contributed by atoms with E-state index in [0.717, 1.165) is 11.5 Å². The van der Waals surface area contributed by atoms with Crippen molar-refractivity contribution in [2.45, 2.75) is 0 Å². The second-order valence-corrected chi connectivity index (χ2v) is 3.98. The molecule has 0 aliphatic heterocycles. The van der Waals surface area contributed by atoms with E-state index in [1.165, 1.54) is 12.4 Å². The minimum Gasteiger partial charge on any atom is -0.430 e. The summed E-state index contributed by atoms with van der Waals surface area (Å²) in [7, 11) is 0. The number of hydrogen-bond acceptors (Lipinski definition) is 4. The molecule has 1 aromatic carbocycles. The summed E-state index contributed by atoms with van der Waals surface area (Å²) >= 11 is 4.16. The second-order valence-electron chi connectivity index (χ2n) is 2.39. The van der Waals surface area contributed by atoms with Crippen LogP contribution in [-0.2, 0) is 0 Å². The highest BCUT2D eigenvalue weighted by Gasteiger charge is 2.04. The Kier molecular flexibility index (Phi) is 2.74. The smallest absolute Gasteiger partial charge is 0.298 e. The Morgan fingerprint density at radius 3 is 2.93 bits per heavy atom. The summed E-state index contributed by atoms with van der Waals surface area (Å²) in [6.45, 7) is 0. The van der Waals surface area contributed by atoms with Gasteiger partial charge in [0.15, 0.2) is 0 Å². The Hall–Kier alpha value is -1.01. The third-order valence-corrected chi connectivity index (χ3v) is 2.63. The molecule has 0 unspecified atom stereocenters. The summed E-state index contributed by atoms with van der Waals surface area (Å²) in [5, 5.41) is 0.395. The largest absolute Gasteiger partial charge is 0.430 e. The van der Waals surface area contributed by atoms with Gasteiger partial charge in [-0.2, -0.15) is 9.36 Å². The van der Waals surface area contributed by atoms with Gasteiger partial charge in [-0.3, -0.25) is 0 Å². The van der Waals surface area contributed by atoms with Crippen LogP contribution >= 0.6 is 27.5 Å². The van der Waals surface area contributed by atoms with E-state index in [0.29, 0.717) is 15.4 Å². The molecule has 0 amide bonds. The van der Waals surface area contributed by atoms with Gasteiger partial charge < -0.3 is 4.74 Å².